The van der Waals surface area contributed by atoms with Gasteiger partial charge in [-0.1, -0.05) is 24.3 Å². The van der Waals surface area contributed by atoms with E-state index in [-0.39, 0.29) is 0 Å². The van der Waals surface area contributed by atoms with Crippen LogP contribution in [0, 0.1) is 0 Å². The standard InChI is InChI=1S/C12H14O2/c1-3-6-10-8-5-9-12(14-13)11(10)7-4-2/h3-5,8-9,13H,1-2,6-7H2. The van der Waals surface area contributed by atoms with Crippen LogP contribution in [0.2, 0.25) is 0 Å². The summed E-state index contributed by atoms with van der Waals surface area (Å²) in [5.41, 5.74) is 2.07. The summed E-state index contributed by atoms with van der Waals surface area (Å²) in [5.74, 6) is 0.490. The molecule has 1 N–H and O–H groups in total. The third-order valence-electron chi connectivity index (χ3n) is 2.04. The lowest BCUT2D eigenvalue weighted by atomic mass is 10.0. The highest BCUT2D eigenvalue weighted by Gasteiger charge is 2.06. The molecule has 74 valence electrons. The Hall–Kier alpha value is -1.54. The van der Waals surface area contributed by atoms with Gasteiger partial charge in [-0.05, 0) is 24.5 Å². The smallest absolute Gasteiger partial charge is 0.168 e. The quantitative estimate of drug-likeness (QED) is 0.439. The van der Waals surface area contributed by atoms with E-state index in [2.05, 4.69) is 18.0 Å². The summed E-state index contributed by atoms with van der Waals surface area (Å²) in [4.78, 5) is 4.30. The van der Waals surface area contributed by atoms with Crippen molar-refractivity contribution >= 4 is 0 Å². The van der Waals surface area contributed by atoms with E-state index >= 15 is 0 Å². The van der Waals surface area contributed by atoms with Gasteiger partial charge < -0.3 is 4.89 Å². The number of hydrogen-bond donors (Lipinski definition) is 1. The summed E-state index contributed by atoms with van der Waals surface area (Å²) in [7, 11) is 0. The molecule has 0 heterocycles. The maximum atomic E-state index is 8.68. The first kappa shape index (κ1) is 10.5. The van der Waals surface area contributed by atoms with Gasteiger partial charge in [0.1, 0.15) is 0 Å². The van der Waals surface area contributed by atoms with Crippen molar-refractivity contribution in [2.24, 2.45) is 0 Å². The predicted octanol–water partition coefficient (Wildman–Crippen LogP) is 3.00. The number of rotatable bonds is 5. The van der Waals surface area contributed by atoms with Crippen molar-refractivity contribution < 1.29 is 10.1 Å². The topological polar surface area (TPSA) is 29.5 Å². The molecule has 0 bridgehead atoms. The Morgan fingerprint density at radius 2 is 1.93 bits per heavy atom. The minimum atomic E-state index is 0.490. The van der Waals surface area contributed by atoms with E-state index in [0.29, 0.717) is 12.2 Å². The maximum Gasteiger partial charge on any atom is 0.168 e. The molecule has 14 heavy (non-hydrogen) atoms. The van der Waals surface area contributed by atoms with Gasteiger partial charge in [0.05, 0.1) is 0 Å². The molecule has 2 heteroatoms. The molecular weight excluding hydrogens is 176 g/mol. The van der Waals surface area contributed by atoms with Gasteiger partial charge in [-0.3, -0.25) is 0 Å². The van der Waals surface area contributed by atoms with Crippen molar-refractivity contribution in [2.75, 3.05) is 0 Å². The van der Waals surface area contributed by atoms with Crippen LogP contribution in [0.1, 0.15) is 11.1 Å². The first-order chi connectivity index (χ1) is 6.83. The molecule has 0 radical (unpaired) electrons. The lowest BCUT2D eigenvalue weighted by molar-refractivity contribution is -0.138. The summed E-state index contributed by atoms with van der Waals surface area (Å²) in [6.07, 6.45) is 5.05. The van der Waals surface area contributed by atoms with Crippen LogP contribution < -0.4 is 4.89 Å². The Balaban J connectivity index is 3.12. The minimum Gasteiger partial charge on any atom is -0.340 e. The van der Waals surface area contributed by atoms with Crippen LogP contribution in [0.4, 0.5) is 0 Å². The molecule has 0 unspecified atom stereocenters. The highest BCUT2D eigenvalue weighted by atomic mass is 17.1. The fraction of sp³-hybridized carbons (Fsp3) is 0.167. The van der Waals surface area contributed by atoms with E-state index in [1.54, 1.807) is 12.1 Å². The molecule has 1 aromatic rings. The van der Waals surface area contributed by atoms with E-state index < -0.39 is 0 Å². The molecule has 1 rings (SSSR count). The number of hydrogen-bond acceptors (Lipinski definition) is 2. The second kappa shape index (κ2) is 5.25. The molecule has 1 aromatic carbocycles. The third-order valence-corrected chi connectivity index (χ3v) is 2.04. The van der Waals surface area contributed by atoms with E-state index in [9.17, 15) is 0 Å². The van der Waals surface area contributed by atoms with Crippen LogP contribution in [0.15, 0.2) is 43.5 Å². The largest absolute Gasteiger partial charge is 0.340 e. The maximum absolute atomic E-state index is 8.68. The van der Waals surface area contributed by atoms with Crippen molar-refractivity contribution in [2.45, 2.75) is 12.8 Å². The van der Waals surface area contributed by atoms with Crippen molar-refractivity contribution in [3.8, 4) is 5.75 Å². The molecule has 2 nitrogen and oxygen atoms in total. The Morgan fingerprint density at radius 1 is 1.21 bits per heavy atom. The molecule has 0 saturated heterocycles. The third kappa shape index (κ3) is 2.24. The summed E-state index contributed by atoms with van der Waals surface area (Å²) in [6.45, 7) is 7.35. The zero-order valence-electron chi connectivity index (χ0n) is 8.07. The van der Waals surface area contributed by atoms with E-state index in [1.807, 2.05) is 18.2 Å². The Kier molecular flexibility index (Phi) is 3.95. The fourth-order valence-electron chi connectivity index (χ4n) is 1.42. The molecular formula is C12H14O2. The Bertz CT molecular complexity index is 329. The molecule has 0 spiro atoms. The first-order valence-electron chi connectivity index (χ1n) is 4.47. The molecule has 0 atom stereocenters. The van der Waals surface area contributed by atoms with Gasteiger partial charge in [0.15, 0.2) is 5.75 Å². The second-order valence-electron chi connectivity index (χ2n) is 2.97. The minimum absolute atomic E-state index is 0.490. The SMILES string of the molecule is C=CCc1cccc(OO)c1CC=C. The number of allylic oxidation sites excluding steroid dienone is 2. The zero-order valence-corrected chi connectivity index (χ0v) is 8.07. The van der Waals surface area contributed by atoms with Crippen LogP contribution in [0.5, 0.6) is 5.75 Å². The fourth-order valence-corrected chi connectivity index (χ4v) is 1.42. The lowest BCUT2D eigenvalue weighted by Gasteiger charge is -2.09. The monoisotopic (exact) mass is 190 g/mol. The average Bonchev–Trinajstić information content (AvgIpc) is 2.21. The molecule has 0 saturated carbocycles. The molecule has 0 amide bonds. The molecule has 0 aliphatic carbocycles. The van der Waals surface area contributed by atoms with Gasteiger partial charge in [-0.2, -0.15) is 0 Å². The van der Waals surface area contributed by atoms with E-state index in [0.717, 1.165) is 17.5 Å². The van der Waals surface area contributed by atoms with Crippen molar-refractivity contribution in [1.82, 2.24) is 0 Å². The zero-order chi connectivity index (χ0) is 10.4. The van der Waals surface area contributed by atoms with Crippen LogP contribution in [-0.4, -0.2) is 5.26 Å². The predicted molar refractivity (Wildman–Crippen MR) is 57.5 cm³/mol. The van der Waals surface area contributed by atoms with Gasteiger partial charge in [-0.25, -0.2) is 5.26 Å². The molecule has 0 fully saturated rings. The van der Waals surface area contributed by atoms with Gasteiger partial charge >= 0.3 is 0 Å². The lowest BCUT2D eigenvalue weighted by Crippen LogP contribution is -1.96. The van der Waals surface area contributed by atoms with E-state index in [1.165, 1.54) is 0 Å². The molecule has 0 aliphatic rings. The summed E-state index contributed by atoms with van der Waals surface area (Å²) in [6, 6.07) is 5.56. The highest BCUT2D eigenvalue weighted by molar-refractivity contribution is 5.42. The number of benzene rings is 1. The Labute approximate surface area is 84.1 Å². The van der Waals surface area contributed by atoms with Crippen LogP contribution >= 0.6 is 0 Å². The van der Waals surface area contributed by atoms with Crippen LogP contribution in [0.25, 0.3) is 0 Å². The Morgan fingerprint density at radius 3 is 2.50 bits per heavy atom. The molecule has 0 aromatic heterocycles. The van der Waals surface area contributed by atoms with E-state index in [4.69, 9.17) is 5.26 Å². The van der Waals surface area contributed by atoms with Crippen LogP contribution in [0.3, 0.4) is 0 Å². The summed E-state index contributed by atoms with van der Waals surface area (Å²) in [5, 5.41) is 8.68. The first-order valence-corrected chi connectivity index (χ1v) is 4.47. The van der Waals surface area contributed by atoms with Crippen molar-refractivity contribution in [3.05, 3.63) is 54.6 Å². The summed E-state index contributed by atoms with van der Waals surface area (Å²) >= 11 is 0. The summed E-state index contributed by atoms with van der Waals surface area (Å²) < 4.78 is 0. The van der Waals surface area contributed by atoms with Crippen molar-refractivity contribution in [3.63, 3.8) is 0 Å². The van der Waals surface area contributed by atoms with Gasteiger partial charge in [0, 0.05) is 5.56 Å². The average molecular weight is 190 g/mol. The van der Waals surface area contributed by atoms with Crippen LogP contribution in [-0.2, 0) is 12.8 Å². The van der Waals surface area contributed by atoms with Gasteiger partial charge in [-0.15, -0.1) is 13.2 Å². The van der Waals surface area contributed by atoms with Crippen molar-refractivity contribution in [1.29, 1.82) is 0 Å². The normalized spacial score (nSPS) is 9.50. The highest BCUT2D eigenvalue weighted by Crippen LogP contribution is 2.23. The van der Waals surface area contributed by atoms with Gasteiger partial charge in [0.2, 0.25) is 0 Å². The second-order valence-corrected chi connectivity index (χ2v) is 2.97. The van der Waals surface area contributed by atoms with Gasteiger partial charge in [0.25, 0.3) is 0 Å². The molecule has 0 aliphatic heterocycles.